The third-order valence-electron chi connectivity index (χ3n) is 3.66. The van der Waals surface area contributed by atoms with E-state index in [2.05, 4.69) is 15.2 Å². The van der Waals surface area contributed by atoms with Crippen LogP contribution in [0.15, 0.2) is 24.4 Å². The minimum absolute atomic E-state index is 0.0816. The molecule has 0 aliphatic carbocycles. The van der Waals surface area contributed by atoms with Crippen molar-refractivity contribution < 1.29 is 4.79 Å². The molecule has 1 aliphatic heterocycles. The van der Waals surface area contributed by atoms with Crippen LogP contribution in [0.4, 0.5) is 5.69 Å². The van der Waals surface area contributed by atoms with Crippen molar-refractivity contribution >= 4 is 34.8 Å². The number of aromatic nitrogens is 3. The van der Waals surface area contributed by atoms with Crippen LogP contribution in [0.1, 0.15) is 10.5 Å². The lowest BCUT2D eigenvalue weighted by Gasteiger charge is -2.35. The molecule has 8 heteroatoms. The van der Waals surface area contributed by atoms with Gasteiger partial charge in [0.05, 0.1) is 16.2 Å². The average Bonchev–Trinajstić information content (AvgIpc) is 2.96. The minimum Gasteiger partial charge on any atom is -0.368 e. The molecule has 1 fully saturated rings. The van der Waals surface area contributed by atoms with E-state index in [0.29, 0.717) is 28.8 Å². The summed E-state index contributed by atoms with van der Waals surface area (Å²) in [7, 11) is 1.74. The van der Waals surface area contributed by atoms with Gasteiger partial charge in [0.25, 0.3) is 5.91 Å². The molecule has 3 rings (SSSR count). The van der Waals surface area contributed by atoms with E-state index in [1.165, 1.54) is 4.68 Å². The van der Waals surface area contributed by atoms with E-state index in [9.17, 15) is 4.79 Å². The van der Waals surface area contributed by atoms with Gasteiger partial charge in [-0.3, -0.25) is 9.48 Å². The van der Waals surface area contributed by atoms with E-state index in [1.807, 2.05) is 12.1 Å². The Kier molecular flexibility index (Phi) is 4.22. The summed E-state index contributed by atoms with van der Waals surface area (Å²) in [5.41, 5.74) is 1.39. The highest BCUT2D eigenvalue weighted by molar-refractivity contribution is 6.42. The smallest absolute Gasteiger partial charge is 0.276 e. The number of amides is 1. The molecular formula is C14H15Cl2N5O. The number of halogens is 2. The topological polar surface area (TPSA) is 54.3 Å². The number of carbonyl (C=O) groups is 1. The summed E-state index contributed by atoms with van der Waals surface area (Å²) >= 11 is 12.0. The number of nitrogens with zero attached hydrogens (tertiary/aromatic N) is 5. The first-order valence-electron chi connectivity index (χ1n) is 6.90. The van der Waals surface area contributed by atoms with Crippen LogP contribution in [0.3, 0.4) is 0 Å². The van der Waals surface area contributed by atoms with Crippen molar-refractivity contribution in [3.63, 3.8) is 0 Å². The molecule has 1 saturated heterocycles. The molecule has 2 heterocycles. The molecule has 22 heavy (non-hydrogen) atoms. The van der Waals surface area contributed by atoms with Gasteiger partial charge in [0, 0.05) is 38.9 Å². The lowest BCUT2D eigenvalue weighted by atomic mass is 10.2. The summed E-state index contributed by atoms with van der Waals surface area (Å²) in [6.45, 7) is 2.75. The van der Waals surface area contributed by atoms with E-state index in [4.69, 9.17) is 23.2 Å². The fourth-order valence-electron chi connectivity index (χ4n) is 2.46. The lowest BCUT2D eigenvalue weighted by Crippen LogP contribution is -2.48. The predicted molar refractivity (Wildman–Crippen MR) is 85.6 cm³/mol. The Bertz CT molecular complexity index is 694. The van der Waals surface area contributed by atoms with Gasteiger partial charge >= 0.3 is 0 Å². The van der Waals surface area contributed by atoms with Gasteiger partial charge in [0.1, 0.15) is 0 Å². The van der Waals surface area contributed by atoms with Crippen LogP contribution in [-0.2, 0) is 7.05 Å². The van der Waals surface area contributed by atoms with Crippen molar-refractivity contribution in [2.75, 3.05) is 31.1 Å². The molecule has 0 atom stereocenters. The zero-order valence-electron chi connectivity index (χ0n) is 12.0. The number of aryl methyl sites for hydroxylation is 1. The summed E-state index contributed by atoms with van der Waals surface area (Å²) in [4.78, 5) is 16.3. The quantitative estimate of drug-likeness (QED) is 0.840. The fraction of sp³-hybridized carbons (Fsp3) is 0.357. The second-order valence-electron chi connectivity index (χ2n) is 5.16. The number of hydrogen-bond donors (Lipinski definition) is 0. The highest BCUT2D eigenvalue weighted by Gasteiger charge is 2.24. The van der Waals surface area contributed by atoms with Crippen LogP contribution in [0.2, 0.25) is 10.0 Å². The predicted octanol–water partition coefficient (Wildman–Crippen LogP) is 2.08. The molecule has 6 nitrogen and oxygen atoms in total. The first kappa shape index (κ1) is 15.1. The van der Waals surface area contributed by atoms with Crippen LogP contribution in [0, 0.1) is 0 Å². The van der Waals surface area contributed by atoms with E-state index in [-0.39, 0.29) is 5.91 Å². The molecule has 0 spiro atoms. The van der Waals surface area contributed by atoms with Crippen LogP contribution < -0.4 is 4.90 Å². The summed E-state index contributed by atoms with van der Waals surface area (Å²) < 4.78 is 1.53. The molecule has 1 aromatic heterocycles. The number of carbonyl (C=O) groups excluding carboxylic acids is 1. The van der Waals surface area contributed by atoms with Crippen molar-refractivity contribution in [3.8, 4) is 0 Å². The molecule has 1 amide bonds. The molecular weight excluding hydrogens is 325 g/mol. The monoisotopic (exact) mass is 339 g/mol. The molecule has 2 aromatic rings. The Labute approximate surface area is 138 Å². The molecule has 1 aliphatic rings. The first-order valence-corrected chi connectivity index (χ1v) is 7.66. The number of piperazine rings is 1. The Hall–Kier alpha value is -1.79. The first-order chi connectivity index (χ1) is 10.5. The van der Waals surface area contributed by atoms with Gasteiger partial charge in [-0.25, -0.2) is 0 Å². The molecule has 0 saturated carbocycles. The standard InChI is InChI=1S/C14H15Cl2N5O/c1-19-9-13(17-18-19)14(22)21-6-4-20(5-7-21)10-2-3-11(15)12(16)8-10/h2-3,8-9H,4-7H2,1H3. The maximum Gasteiger partial charge on any atom is 0.276 e. The van der Waals surface area contributed by atoms with Gasteiger partial charge in [-0.05, 0) is 18.2 Å². The van der Waals surface area contributed by atoms with Gasteiger partial charge in [0.2, 0.25) is 0 Å². The number of hydrogen-bond acceptors (Lipinski definition) is 4. The third kappa shape index (κ3) is 3.03. The molecule has 0 bridgehead atoms. The van der Waals surface area contributed by atoms with Crippen molar-refractivity contribution in [3.05, 3.63) is 40.1 Å². The van der Waals surface area contributed by atoms with Crippen molar-refractivity contribution in [1.82, 2.24) is 19.9 Å². The largest absolute Gasteiger partial charge is 0.368 e. The van der Waals surface area contributed by atoms with Gasteiger partial charge < -0.3 is 9.80 Å². The normalized spacial score (nSPS) is 15.2. The summed E-state index contributed by atoms with van der Waals surface area (Å²) in [5.74, 6) is -0.0816. The number of rotatable bonds is 2. The van der Waals surface area contributed by atoms with Gasteiger partial charge in [-0.1, -0.05) is 28.4 Å². The third-order valence-corrected chi connectivity index (χ3v) is 4.40. The average molecular weight is 340 g/mol. The zero-order chi connectivity index (χ0) is 15.7. The molecule has 116 valence electrons. The van der Waals surface area contributed by atoms with Crippen LogP contribution in [-0.4, -0.2) is 52.0 Å². The zero-order valence-corrected chi connectivity index (χ0v) is 13.5. The van der Waals surface area contributed by atoms with E-state index >= 15 is 0 Å². The van der Waals surface area contributed by atoms with E-state index in [1.54, 1.807) is 24.2 Å². The van der Waals surface area contributed by atoms with Crippen LogP contribution >= 0.6 is 23.2 Å². The Morgan fingerprint density at radius 2 is 1.86 bits per heavy atom. The molecule has 0 unspecified atom stereocenters. The summed E-state index contributed by atoms with van der Waals surface area (Å²) in [6, 6.07) is 5.58. The molecule has 0 radical (unpaired) electrons. The second-order valence-corrected chi connectivity index (χ2v) is 5.97. The Balaban J connectivity index is 1.64. The Morgan fingerprint density at radius 3 is 2.45 bits per heavy atom. The van der Waals surface area contributed by atoms with Crippen molar-refractivity contribution in [2.45, 2.75) is 0 Å². The number of benzene rings is 1. The van der Waals surface area contributed by atoms with Crippen LogP contribution in [0.5, 0.6) is 0 Å². The van der Waals surface area contributed by atoms with Crippen LogP contribution in [0.25, 0.3) is 0 Å². The summed E-state index contributed by atoms with van der Waals surface area (Å²) in [5, 5.41) is 8.74. The molecule has 0 N–H and O–H groups in total. The van der Waals surface area contributed by atoms with E-state index < -0.39 is 0 Å². The van der Waals surface area contributed by atoms with Crippen molar-refractivity contribution in [1.29, 1.82) is 0 Å². The minimum atomic E-state index is -0.0816. The maximum atomic E-state index is 12.3. The van der Waals surface area contributed by atoms with Gasteiger partial charge in [0.15, 0.2) is 5.69 Å². The van der Waals surface area contributed by atoms with Gasteiger partial charge in [-0.15, -0.1) is 5.10 Å². The highest BCUT2D eigenvalue weighted by atomic mass is 35.5. The fourth-order valence-corrected chi connectivity index (χ4v) is 2.75. The molecule has 1 aromatic carbocycles. The highest BCUT2D eigenvalue weighted by Crippen LogP contribution is 2.27. The Morgan fingerprint density at radius 1 is 1.14 bits per heavy atom. The lowest BCUT2D eigenvalue weighted by molar-refractivity contribution is 0.0740. The second kappa shape index (κ2) is 6.14. The maximum absolute atomic E-state index is 12.3. The van der Waals surface area contributed by atoms with Crippen molar-refractivity contribution in [2.24, 2.45) is 7.05 Å². The SMILES string of the molecule is Cn1cc(C(=O)N2CCN(c3ccc(Cl)c(Cl)c3)CC2)nn1. The van der Waals surface area contributed by atoms with E-state index in [0.717, 1.165) is 18.8 Å². The number of anilines is 1. The van der Waals surface area contributed by atoms with Gasteiger partial charge in [-0.2, -0.15) is 0 Å². The summed E-state index contributed by atoms with van der Waals surface area (Å²) in [6.07, 6.45) is 1.63.